The summed E-state index contributed by atoms with van der Waals surface area (Å²) in [6, 6.07) is 6.10. The number of alkyl halides is 3. The highest BCUT2D eigenvalue weighted by Crippen LogP contribution is 2.24. The molecule has 5 nitrogen and oxygen atoms in total. The maximum Gasteiger partial charge on any atom is 0.428 e. The third kappa shape index (κ3) is 6.07. The van der Waals surface area contributed by atoms with E-state index in [1.807, 2.05) is 0 Å². The first-order chi connectivity index (χ1) is 10.6. The molecule has 1 aromatic carbocycles. The number of nitrogens with zero attached hydrogens (tertiary/aromatic N) is 1. The Hall–Kier alpha value is -1.80. The zero-order valence-electron chi connectivity index (χ0n) is 13.1. The van der Waals surface area contributed by atoms with Crippen molar-refractivity contribution in [2.24, 2.45) is 0 Å². The number of esters is 1. The SMILES string of the molecule is COC(=O)COc1ccc(CC(C)N(C)C(O)C(F)(F)F)cc1. The monoisotopic (exact) mass is 335 g/mol. The topological polar surface area (TPSA) is 59.0 Å². The first kappa shape index (κ1) is 19.2. The molecule has 0 aromatic heterocycles. The average Bonchev–Trinajstić information content (AvgIpc) is 2.51. The fraction of sp³-hybridized carbons (Fsp3) is 0.533. The summed E-state index contributed by atoms with van der Waals surface area (Å²) in [7, 11) is 2.47. The Bertz CT molecular complexity index is 504. The summed E-state index contributed by atoms with van der Waals surface area (Å²) < 4.78 is 47.1. The van der Waals surface area contributed by atoms with Gasteiger partial charge in [0.25, 0.3) is 0 Å². The summed E-state index contributed by atoms with van der Waals surface area (Å²) in [5, 5.41) is 9.23. The number of hydrogen-bond acceptors (Lipinski definition) is 5. The second-order valence-electron chi connectivity index (χ2n) is 5.14. The van der Waals surface area contributed by atoms with Crippen molar-refractivity contribution in [2.45, 2.75) is 31.8 Å². The number of aliphatic hydroxyl groups is 1. The third-order valence-electron chi connectivity index (χ3n) is 3.41. The Balaban J connectivity index is 2.59. The molecule has 0 amide bonds. The van der Waals surface area contributed by atoms with Gasteiger partial charge in [-0.2, -0.15) is 13.2 Å². The molecule has 2 atom stereocenters. The van der Waals surface area contributed by atoms with Crippen LogP contribution in [0.25, 0.3) is 0 Å². The molecular formula is C15H20F3NO4. The molecule has 1 N–H and O–H groups in total. The van der Waals surface area contributed by atoms with E-state index in [1.165, 1.54) is 14.2 Å². The number of aliphatic hydroxyl groups excluding tert-OH is 1. The molecule has 0 aliphatic carbocycles. The molecule has 23 heavy (non-hydrogen) atoms. The molecule has 0 saturated carbocycles. The lowest BCUT2D eigenvalue weighted by Gasteiger charge is -2.30. The first-order valence-electron chi connectivity index (χ1n) is 6.90. The highest BCUT2D eigenvalue weighted by atomic mass is 19.4. The van der Waals surface area contributed by atoms with Crippen LogP contribution in [0, 0.1) is 0 Å². The maximum atomic E-state index is 12.5. The van der Waals surface area contributed by atoms with Crippen molar-refractivity contribution < 1.29 is 32.5 Å². The molecule has 1 rings (SSSR count). The van der Waals surface area contributed by atoms with Crippen molar-refractivity contribution in [1.82, 2.24) is 4.90 Å². The van der Waals surface area contributed by atoms with E-state index >= 15 is 0 Å². The molecule has 0 spiro atoms. The van der Waals surface area contributed by atoms with Gasteiger partial charge in [-0.05, 0) is 38.1 Å². The van der Waals surface area contributed by atoms with E-state index in [1.54, 1.807) is 31.2 Å². The zero-order valence-corrected chi connectivity index (χ0v) is 13.1. The lowest BCUT2D eigenvalue weighted by Crippen LogP contribution is -2.48. The van der Waals surface area contributed by atoms with Crippen LogP contribution in [-0.4, -0.2) is 55.2 Å². The largest absolute Gasteiger partial charge is 0.482 e. The maximum absolute atomic E-state index is 12.5. The summed E-state index contributed by atoms with van der Waals surface area (Å²) in [5.41, 5.74) is 0.782. The van der Waals surface area contributed by atoms with Crippen molar-refractivity contribution >= 4 is 5.97 Å². The van der Waals surface area contributed by atoms with Gasteiger partial charge in [0.1, 0.15) is 5.75 Å². The van der Waals surface area contributed by atoms with Crippen LogP contribution in [0.15, 0.2) is 24.3 Å². The zero-order chi connectivity index (χ0) is 17.6. The second kappa shape index (κ2) is 8.16. The van der Waals surface area contributed by atoms with Crippen LogP contribution >= 0.6 is 0 Å². The Morgan fingerprint density at radius 1 is 1.30 bits per heavy atom. The van der Waals surface area contributed by atoms with Gasteiger partial charge in [-0.3, -0.25) is 4.90 Å². The number of ether oxygens (including phenoxy) is 2. The standard InChI is InChI=1S/C15H20F3NO4/c1-10(19(2)14(21)15(16,17)18)8-11-4-6-12(7-5-11)23-9-13(20)22-3/h4-7,10,14,21H,8-9H2,1-3H3. The molecule has 0 aliphatic rings. The molecule has 1 aromatic rings. The van der Waals surface area contributed by atoms with E-state index in [-0.39, 0.29) is 6.61 Å². The number of carbonyl (C=O) groups excluding carboxylic acids is 1. The van der Waals surface area contributed by atoms with E-state index in [0.717, 1.165) is 10.5 Å². The Kier molecular flexibility index (Phi) is 6.83. The lowest BCUT2D eigenvalue weighted by atomic mass is 10.1. The predicted octanol–water partition coefficient (Wildman–Crippen LogP) is 1.98. The van der Waals surface area contributed by atoms with Gasteiger partial charge in [-0.1, -0.05) is 12.1 Å². The minimum Gasteiger partial charge on any atom is -0.482 e. The molecule has 0 fully saturated rings. The van der Waals surface area contributed by atoms with E-state index in [9.17, 15) is 23.1 Å². The second-order valence-corrected chi connectivity index (χ2v) is 5.14. The van der Waals surface area contributed by atoms with Crippen molar-refractivity contribution in [3.05, 3.63) is 29.8 Å². The normalized spacial score (nSPS) is 14.4. The van der Waals surface area contributed by atoms with Crippen LogP contribution in [0.5, 0.6) is 5.75 Å². The number of halogens is 3. The summed E-state index contributed by atoms with van der Waals surface area (Å²) in [6.07, 6.45) is -6.87. The summed E-state index contributed by atoms with van der Waals surface area (Å²) in [6.45, 7) is 1.38. The van der Waals surface area contributed by atoms with E-state index in [4.69, 9.17) is 4.74 Å². The number of rotatable bonds is 7. The van der Waals surface area contributed by atoms with Crippen molar-refractivity contribution in [3.63, 3.8) is 0 Å². The molecule has 0 aliphatic heterocycles. The average molecular weight is 335 g/mol. The van der Waals surface area contributed by atoms with Gasteiger partial charge in [0.2, 0.25) is 6.23 Å². The van der Waals surface area contributed by atoms with E-state index in [0.29, 0.717) is 12.2 Å². The number of methoxy groups -OCH3 is 1. The minimum atomic E-state index is -4.69. The number of carbonyl (C=O) groups is 1. The van der Waals surface area contributed by atoms with Crippen LogP contribution in [0.1, 0.15) is 12.5 Å². The highest BCUT2D eigenvalue weighted by molar-refractivity contribution is 5.70. The van der Waals surface area contributed by atoms with Crippen LogP contribution in [-0.2, 0) is 16.0 Å². The van der Waals surface area contributed by atoms with Gasteiger partial charge in [0.05, 0.1) is 7.11 Å². The van der Waals surface area contributed by atoms with Crippen LogP contribution in [0.3, 0.4) is 0 Å². The predicted molar refractivity (Wildman–Crippen MR) is 76.9 cm³/mol. The molecule has 0 radical (unpaired) electrons. The summed E-state index contributed by atoms with van der Waals surface area (Å²) >= 11 is 0. The van der Waals surface area contributed by atoms with E-state index < -0.39 is 24.4 Å². The van der Waals surface area contributed by atoms with Gasteiger partial charge < -0.3 is 14.6 Å². The van der Waals surface area contributed by atoms with Crippen molar-refractivity contribution in [3.8, 4) is 5.75 Å². The molecule has 0 heterocycles. The minimum absolute atomic E-state index is 0.216. The fourth-order valence-electron chi connectivity index (χ4n) is 1.88. The summed E-state index contributed by atoms with van der Waals surface area (Å²) in [5.74, 6) is -0.0547. The third-order valence-corrected chi connectivity index (χ3v) is 3.41. The van der Waals surface area contributed by atoms with Crippen LogP contribution < -0.4 is 4.74 Å². The van der Waals surface area contributed by atoms with Crippen LogP contribution in [0.4, 0.5) is 13.2 Å². The number of hydrogen-bond donors (Lipinski definition) is 1. The highest BCUT2D eigenvalue weighted by Gasteiger charge is 2.42. The van der Waals surface area contributed by atoms with Gasteiger partial charge >= 0.3 is 12.1 Å². The molecule has 8 heteroatoms. The molecule has 0 bridgehead atoms. The molecule has 0 saturated heterocycles. The molecule has 2 unspecified atom stereocenters. The molecule has 130 valence electrons. The Labute approximate surface area is 132 Å². The summed E-state index contributed by atoms with van der Waals surface area (Å²) in [4.78, 5) is 11.8. The van der Waals surface area contributed by atoms with Gasteiger partial charge in [0.15, 0.2) is 6.61 Å². The molecular weight excluding hydrogens is 315 g/mol. The Morgan fingerprint density at radius 3 is 2.35 bits per heavy atom. The van der Waals surface area contributed by atoms with Crippen molar-refractivity contribution in [2.75, 3.05) is 20.8 Å². The first-order valence-corrected chi connectivity index (χ1v) is 6.90. The Morgan fingerprint density at radius 2 is 1.87 bits per heavy atom. The quantitative estimate of drug-likeness (QED) is 0.610. The smallest absolute Gasteiger partial charge is 0.428 e. The van der Waals surface area contributed by atoms with Crippen molar-refractivity contribution in [1.29, 1.82) is 0 Å². The van der Waals surface area contributed by atoms with E-state index in [2.05, 4.69) is 4.74 Å². The number of likely N-dealkylation sites (N-methyl/N-ethyl adjacent to an activating group) is 1. The van der Waals surface area contributed by atoms with Crippen LogP contribution in [0.2, 0.25) is 0 Å². The number of benzene rings is 1. The van der Waals surface area contributed by atoms with Gasteiger partial charge in [-0.25, -0.2) is 4.79 Å². The van der Waals surface area contributed by atoms with Gasteiger partial charge in [-0.15, -0.1) is 0 Å². The fourth-order valence-corrected chi connectivity index (χ4v) is 1.88. The lowest BCUT2D eigenvalue weighted by molar-refractivity contribution is -0.251. The van der Waals surface area contributed by atoms with Gasteiger partial charge in [0, 0.05) is 6.04 Å².